The number of esters is 1. The fraction of sp³-hybridized carbons (Fsp3) is 0.478. The summed E-state index contributed by atoms with van der Waals surface area (Å²) in [6.07, 6.45) is 0.358. The van der Waals surface area contributed by atoms with Crippen molar-refractivity contribution in [3.63, 3.8) is 0 Å². The fourth-order valence-electron chi connectivity index (χ4n) is 2.62. The van der Waals surface area contributed by atoms with Gasteiger partial charge >= 0.3 is 5.97 Å². The molecule has 0 aliphatic carbocycles. The maximum absolute atomic E-state index is 12.5. The van der Waals surface area contributed by atoms with Crippen LogP contribution in [0.2, 0.25) is 0 Å². The van der Waals surface area contributed by atoms with E-state index in [1.54, 1.807) is 52.0 Å². The molecule has 0 radical (unpaired) electrons. The number of benzene rings is 1. The Morgan fingerprint density at radius 3 is 2.06 bits per heavy atom. The van der Waals surface area contributed by atoms with Crippen molar-refractivity contribution in [2.75, 3.05) is 25.0 Å². The van der Waals surface area contributed by atoms with Crippen LogP contribution in [0.1, 0.15) is 33.3 Å². The molecule has 192 valence electrons. The molecular formula is C23H33N5O7. The van der Waals surface area contributed by atoms with Gasteiger partial charge in [0.2, 0.25) is 30.0 Å². The van der Waals surface area contributed by atoms with Gasteiger partial charge in [-0.25, -0.2) is 0 Å². The lowest BCUT2D eigenvalue weighted by Crippen LogP contribution is -2.53. The van der Waals surface area contributed by atoms with Gasteiger partial charge in [0, 0.05) is 5.69 Å². The van der Waals surface area contributed by atoms with Crippen LogP contribution in [0.3, 0.4) is 0 Å². The van der Waals surface area contributed by atoms with E-state index in [2.05, 4.69) is 26.6 Å². The first-order chi connectivity index (χ1) is 16.5. The third-order valence-corrected chi connectivity index (χ3v) is 4.57. The second-order valence-electron chi connectivity index (χ2n) is 8.29. The lowest BCUT2D eigenvalue weighted by molar-refractivity contribution is -0.148. The Morgan fingerprint density at radius 1 is 0.857 bits per heavy atom. The molecule has 1 rings (SSSR count). The number of rotatable bonds is 14. The number of hydrogen-bond donors (Lipinski definition) is 5. The van der Waals surface area contributed by atoms with Gasteiger partial charge in [0.1, 0.15) is 12.6 Å². The minimum atomic E-state index is -0.923. The minimum absolute atomic E-state index is 0.128. The van der Waals surface area contributed by atoms with Gasteiger partial charge in [-0.05, 0) is 23.6 Å². The summed E-state index contributed by atoms with van der Waals surface area (Å²) in [5.74, 6) is -2.98. The van der Waals surface area contributed by atoms with Crippen molar-refractivity contribution in [3.05, 3.63) is 29.8 Å². The molecule has 0 heterocycles. The number of ether oxygens (including phenoxy) is 1. The van der Waals surface area contributed by atoms with Crippen molar-refractivity contribution in [2.45, 2.75) is 40.3 Å². The van der Waals surface area contributed by atoms with Crippen LogP contribution in [0.15, 0.2) is 24.3 Å². The summed E-state index contributed by atoms with van der Waals surface area (Å²) in [5.41, 5.74) is 1.26. The molecule has 0 aromatic heterocycles. The largest absolute Gasteiger partial charge is 0.461 e. The highest BCUT2D eigenvalue weighted by molar-refractivity contribution is 5.96. The Morgan fingerprint density at radius 2 is 1.49 bits per heavy atom. The van der Waals surface area contributed by atoms with Crippen LogP contribution in [0.4, 0.5) is 5.69 Å². The first-order valence-corrected chi connectivity index (χ1v) is 11.1. The number of carbonyl (C=O) groups excluding carboxylic acids is 6. The van der Waals surface area contributed by atoms with E-state index in [-0.39, 0.29) is 44.0 Å². The van der Waals surface area contributed by atoms with Crippen molar-refractivity contribution in [3.8, 4) is 0 Å². The van der Waals surface area contributed by atoms with Crippen molar-refractivity contribution >= 4 is 41.7 Å². The van der Waals surface area contributed by atoms with Gasteiger partial charge in [-0.2, -0.15) is 0 Å². The number of hydrogen-bond acceptors (Lipinski definition) is 7. The molecule has 0 fully saturated rings. The monoisotopic (exact) mass is 491 g/mol. The second kappa shape index (κ2) is 15.0. The molecule has 12 heteroatoms. The molecule has 1 unspecified atom stereocenters. The van der Waals surface area contributed by atoms with E-state index in [0.717, 1.165) is 5.56 Å². The van der Waals surface area contributed by atoms with Gasteiger partial charge in [-0.3, -0.25) is 28.8 Å². The molecule has 35 heavy (non-hydrogen) atoms. The third-order valence-electron chi connectivity index (χ3n) is 4.57. The maximum Gasteiger partial charge on any atom is 0.308 e. The van der Waals surface area contributed by atoms with Gasteiger partial charge in [-0.1, -0.05) is 39.8 Å². The zero-order chi connectivity index (χ0) is 26.4. The molecule has 0 aliphatic heterocycles. The summed E-state index contributed by atoms with van der Waals surface area (Å²) in [7, 11) is 0. The van der Waals surface area contributed by atoms with Crippen molar-refractivity contribution < 1.29 is 33.5 Å². The van der Waals surface area contributed by atoms with Gasteiger partial charge in [0.05, 0.1) is 25.6 Å². The number of anilines is 1. The van der Waals surface area contributed by atoms with Crippen LogP contribution in [0.25, 0.3) is 0 Å². The van der Waals surface area contributed by atoms with Gasteiger partial charge in [-0.15, -0.1) is 0 Å². The standard InChI is InChI=1S/C23H33N5O7/c1-14(2)21(28-20(32)10-25-18(30)9-24-13-29)22(33)26-11-19(31)27-17-7-5-16(6-8-17)12-35-23(34)15(3)4/h5-8,13-15,21H,9-12H2,1-4H3,(H,24,29)(H,25,30)(H,26,33)(H,27,31)(H,28,32). The summed E-state index contributed by atoms with van der Waals surface area (Å²) in [6, 6.07) is 5.79. The van der Waals surface area contributed by atoms with Crippen LogP contribution in [-0.4, -0.2) is 61.7 Å². The van der Waals surface area contributed by atoms with Crippen molar-refractivity contribution in [2.24, 2.45) is 11.8 Å². The van der Waals surface area contributed by atoms with E-state index < -0.39 is 29.7 Å². The van der Waals surface area contributed by atoms with Crippen molar-refractivity contribution in [1.29, 1.82) is 0 Å². The molecule has 0 bridgehead atoms. The summed E-state index contributed by atoms with van der Waals surface area (Å²) in [5, 5.41) is 12.1. The number of amides is 5. The lowest BCUT2D eigenvalue weighted by atomic mass is 10.0. The quantitative estimate of drug-likeness (QED) is 0.171. The van der Waals surface area contributed by atoms with Crippen LogP contribution in [0.5, 0.6) is 0 Å². The molecule has 1 atom stereocenters. The highest BCUT2D eigenvalue weighted by Crippen LogP contribution is 2.11. The molecule has 12 nitrogen and oxygen atoms in total. The molecule has 0 aliphatic rings. The molecule has 1 aromatic rings. The zero-order valence-corrected chi connectivity index (χ0v) is 20.3. The molecule has 0 spiro atoms. The van der Waals surface area contributed by atoms with E-state index in [9.17, 15) is 28.8 Å². The zero-order valence-electron chi connectivity index (χ0n) is 20.3. The molecule has 0 saturated carbocycles. The van der Waals surface area contributed by atoms with Crippen LogP contribution in [-0.2, 0) is 40.1 Å². The predicted molar refractivity (Wildman–Crippen MR) is 127 cm³/mol. The van der Waals surface area contributed by atoms with Crippen molar-refractivity contribution in [1.82, 2.24) is 21.3 Å². The van der Waals surface area contributed by atoms with E-state index in [1.807, 2.05) is 0 Å². The Bertz CT molecular complexity index is 900. The molecular weight excluding hydrogens is 458 g/mol. The average molecular weight is 492 g/mol. The van der Waals surface area contributed by atoms with E-state index in [0.29, 0.717) is 12.1 Å². The van der Waals surface area contributed by atoms with E-state index >= 15 is 0 Å². The fourth-order valence-corrected chi connectivity index (χ4v) is 2.62. The number of nitrogens with one attached hydrogen (secondary N) is 5. The maximum atomic E-state index is 12.5. The second-order valence-corrected chi connectivity index (χ2v) is 8.29. The summed E-state index contributed by atoms with van der Waals surface area (Å²) >= 11 is 0. The average Bonchev–Trinajstić information content (AvgIpc) is 2.82. The van der Waals surface area contributed by atoms with Gasteiger partial charge in [0.15, 0.2) is 0 Å². The first-order valence-electron chi connectivity index (χ1n) is 11.1. The summed E-state index contributed by atoms with van der Waals surface area (Å²) in [6.45, 7) is 6.09. The molecule has 1 aromatic carbocycles. The van der Waals surface area contributed by atoms with Crippen LogP contribution < -0.4 is 26.6 Å². The highest BCUT2D eigenvalue weighted by atomic mass is 16.5. The molecule has 5 amide bonds. The van der Waals surface area contributed by atoms with E-state index in [4.69, 9.17) is 4.74 Å². The van der Waals surface area contributed by atoms with E-state index in [1.165, 1.54) is 0 Å². The lowest BCUT2D eigenvalue weighted by Gasteiger charge is -2.21. The topological polar surface area (TPSA) is 172 Å². The van der Waals surface area contributed by atoms with Gasteiger partial charge < -0.3 is 31.3 Å². The number of carbonyl (C=O) groups is 6. The first kappa shape index (κ1) is 29.1. The Balaban J connectivity index is 2.48. The molecule has 0 saturated heterocycles. The van der Waals surface area contributed by atoms with Crippen LogP contribution in [0, 0.1) is 11.8 Å². The molecule has 5 N–H and O–H groups in total. The minimum Gasteiger partial charge on any atom is -0.461 e. The smallest absolute Gasteiger partial charge is 0.308 e. The predicted octanol–water partition coefficient (Wildman–Crippen LogP) is -0.556. The van der Waals surface area contributed by atoms with Crippen LogP contribution >= 0.6 is 0 Å². The Kier molecular flexibility index (Phi) is 12.5. The SMILES string of the molecule is CC(C)C(=O)OCc1ccc(NC(=O)CNC(=O)C(NC(=O)CNC(=O)CNC=O)C(C)C)cc1. The normalized spacial score (nSPS) is 11.3. The summed E-state index contributed by atoms with van der Waals surface area (Å²) in [4.78, 5) is 69.9. The van der Waals surface area contributed by atoms with Gasteiger partial charge in [0.25, 0.3) is 0 Å². The third kappa shape index (κ3) is 11.6. The highest BCUT2D eigenvalue weighted by Gasteiger charge is 2.24. The Labute approximate surface area is 203 Å². The Hall–Kier alpha value is -3.96. The summed E-state index contributed by atoms with van der Waals surface area (Å²) < 4.78 is 5.15.